The first kappa shape index (κ1) is 15.7. The van der Waals surface area contributed by atoms with Crippen molar-refractivity contribution in [2.24, 2.45) is 0 Å². The summed E-state index contributed by atoms with van der Waals surface area (Å²) in [6.07, 6.45) is 0. The molecule has 0 spiro atoms. The Hall–Kier alpha value is -2.23. The Labute approximate surface area is 135 Å². The van der Waals surface area contributed by atoms with E-state index in [0.717, 1.165) is 0 Å². The molecule has 3 aromatic rings. The maximum Gasteiger partial charge on any atom is 0.541 e. The Bertz CT molecular complexity index is 720. The molecule has 4 nitrogen and oxygen atoms in total. The highest BCUT2D eigenvalue weighted by Gasteiger charge is 2.52. The molecule has 3 rings (SSSR count). The van der Waals surface area contributed by atoms with E-state index >= 15 is 0 Å². The van der Waals surface area contributed by atoms with Crippen molar-refractivity contribution in [2.75, 3.05) is 0 Å². The van der Waals surface area contributed by atoms with Gasteiger partial charge >= 0.3 is 7.75 Å². The molecule has 23 heavy (non-hydrogen) atoms. The zero-order valence-electron chi connectivity index (χ0n) is 12.4. The van der Waals surface area contributed by atoms with Crippen molar-refractivity contribution in [2.45, 2.75) is 0 Å². The summed E-state index contributed by atoms with van der Waals surface area (Å²) in [6.45, 7) is 0. The second-order valence-corrected chi connectivity index (χ2v) is 6.78. The second-order valence-electron chi connectivity index (χ2n) is 5.16. The third-order valence-corrected chi connectivity index (χ3v) is 5.25. The molecule has 0 aliphatic carbocycles. The molecule has 0 aromatic heterocycles. The zero-order chi connectivity index (χ0) is 16.3. The molecule has 116 valence electrons. The van der Waals surface area contributed by atoms with E-state index in [2.05, 4.69) is 0 Å². The van der Waals surface area contributed by atoms with Gasteiger partial charge in [0.1, 0.15) is 17.1 Å². The molecule has 0 radical (unpaired) electrons. The van der Waals surface area contributed by atoms with Crippen molar-refractivity contribution in [1.82, 2.24) is 4.25 Å². The van der Waals surface area contributed by atoms with Crippen LogP contribution in [0.25, 0.3) is 0 Å². The van der Waals surface area contributed by atoms with Crippen molar-refractivity contribution in [1.29, 1.82) is 0 Å². The number of hydrogen-bond donors (Lipinski definition) is 2. The molecule has 3 aromatic carbocycles. The van der Waals surface area contributed by atoms with Crippen LogP contribution >= 0.6 is 7.75 Å². The van der Waals surface area contributed by atoms with E-state index in [1.54, 1.807) is 72.8 Å². The van der Waals surface area contributed by atoms with Crippen molar-refractivity contribution < 1.29 is 14.4 Å². The van der Waals surface area contributed by atoms with Crippen LogP contribution in [0.2, 0.25) is 0 Å². The molecule has 0 atom stereocenters. The van der Waals surface area contributed by atoms with Gasteiger partial charge in [-0.15, -0.1) is 4.25 Å². The number of hydrogen-bond acceptors (Lipinski definition) is 1. The molecule has 0 bridgehead atoms. The smallest absolute Gasteiger partial charge is 0.278 e. The summed E-state index contributed by atoms with van der Waals surface area (Å²) >= 11 is 0. The van der Waals surface area contributed by atoms with Crippen LogP contribution in [0, 0.1) is 0 Å². The topological polar surface area (TPSA) is 57.5 Å². The van der Waals surface area contributed by atoms with Gasteiger partial charge in [-0.2, -0.15) is 0 Å². The fraction of sp³-hybridized carbons (Fsp3) is 0. The van der Waals surface area contributed by atoms with Crippen LogP contribution in [0.1, 0.15) is 0 Å². The van der Waals surface area contributed by atoms with Gasteiger partial charge in [0.2, 0.25) is 0 Å². The van der Waals surface area contributed by atoms with E-state index in [0.29, 0.717) is 17.1 Å². The van der Waals surface area contributed by atoms with Gasteiger partial charge in [0.15, 0.2) is 0 Å². The van der Waals surface area contributed by atoms with Crippen molar-refractivity contribution >= 4 is 24.8 Å². The van der Waals surface area contributed by atoms with Gasteiger partial charge < -0.3 is 0 Å². The molecule has 0 saturated heterocycles. The molecule has 0 amide bonds. The minimum atomic E-state index is -4.64. The predicted molar refractivity (Wildman–Crippen MR) is 92.5 cm³/mol. The molecule has 5 heteroatoms. The number of rotatable bonds is 4. The van der Waals surface area contributed by atoms with Crippen LogP contribution in [-0.2, 0) is 4.57 Å². The van der Waals surface area contributed by atoms with Crippen LogP contribution in [0.3, 0.4) is 0 Å². The quantitative estimate of drug-likeness (QED) is 0.680. The SMILES string of the molecule is O=P(O)(O)[N+](c1ccccc1)(c1ccccc1)c1ccccc1. The number of benzene rings is 3. The largest absolute Gasteiger partial charge is 0.541 e. The summed E-state index contributed by atoms with van der Waals surface area (Å²) in [5.74, 6) is 0. The molecule has 0 unspecified atom stereocenters. The van der Waals surface area contributed by atoms with Gasteiger partial charge in [-0.1, -0.05) is 54.6 Å². The van der Waals surface area contributed by atoms with E-state index in [-0.39, 0.29) is 0 Å². The van der Waals surface area contributed by atoms with Gasteiger partial charge in [-0.05, 0) is 0 Å². The lowest BCUT2D eigenvalue weighted by Crippen LogP contribution is -2.34. The minimum absolute atomic E-state index is 0.512. The Kier molecular flexibility index (Phi) is 4.16. The van der Waals surface area contributed by atoms with Gasteiger partial charge in [-0.25, -0.2) is 4.57 Å². The lowest BCUT2D eigenvalue weighted by atomic mass is 10.2. The standard InChI is InChI=1S/C18H16NO3P/c20-23(21,22)19(16-10-4-1-5-11-16,17-12-6-2-7-13-17)18-14-8-3-9-15-18/h1-15H,(H-,20,21,22)/p+1. The van der Waals surface area contributed by atoms with E-state index < -0.39 is 12.0 Å². The van der Waals surface area contributed by atoms with Gasteiger partial charge in [0, 0.05) is 36.4 Å². The maximum atomic E-state index is 12.7. The predicted octanol–water partition coefficient (Wildman–Crippen LogP) is 4.75. The highest BCUT2D eigenvalue weighted by Crippen LogP contribution is 2.63. The highest BCUT2D eigenvalue weighted by atomic mass is 31.2. The molecule has 0 aliphatic rings. The van der Waals surface area contributed by atoms with Crippen LogP contribution in [0.15, 0.2) is 91.0 Å². The summed E-state index contributed by atoms with van der Waals surface area (Å²) in [5, 5.41) is 0. The van der Waals surface area contributed by atoms with Crippen LogP contribution < -0.4 is 4.25 Å². The van der Waals surface area contributed by atoms with E-state index in [9.17, 15) is 14.4 Å². The molecular formula is C18H17NO3P+. The summed E-state index contributed by atoms with van der Waals surface area (Å²) in [7, 11) is -4.64. The van der Waals surface area contributed by atoms with E-state index in [1.807, 2.05) is 18.2 Å². The first-order valence-electron chi connectivity index (χ1n) is 7.19. The number of quaternary nitrogens is 1. The molecule has 0 saturated carbocycles. The van der Waals surface area contributed by atoms with Gasteiger partial charge in [0.05, 0.1) is 0 Å². The second kappa shape index (κ2) is 6.11. The third-order valence-electron chi connectivity index (χ3n) is 3.78. The first-order chi connectivity index (χ1) is 11.1. The molecule has 0 aliphatic heterocycles. The highest BCUT2D eigenvalue weighted by molar-refractivity contribution is 7.52. The molecule has 0 fully saturated rings. The number of nitrogens with zero attached hydrogens (tertiary/aromatic N) is 1. The van der Waals surface area contributed by atoms with E-state index in [1.165, 1.54) is 0 Å². The lowest BCUT2D eigenvalue weighted by Gasteiger charge is -2.36. The van der Waals surface area contributed by atoms with Crippen molar-refractivity contribution in [3.63, 3.8) is 0 Å². The van der Waals surface area contributed by atoms with Crippen LogP contribution in [0.4, 0.5) is 17.1 Å². The average molecular weight is 326 g/mol. The Morgan fingerprint density at radius 3 is 1.04 bits per heavy atom. The number of para-hydroxylation sites is 3. The fourth-order valence-electron chi connectivity index (χ4n) is 2.83. The molecule has 2 N–H and O–H groups in total. The summed E-state index contributed by atoms with van der Waals surface area (Å²) < 4.78 is 12.1. The molecular weight excluding hydrogens is 309 g/mol. The lowest BCUT2D eigenvalue weighted by molar-refractivity contribution is 0.332. The van der Waals surface area contributed by atoms with Gasteiger partial charge in [0.25, 0.3) is 0 Å². The third kappa shape index (κ3) is 2.62. The monoisotopic (exact) mass is 326 g/mol. The average Bonchev–Trinajstić information content (AvgIpc) is 2.57. The Morgan fingerprint density at radius 2 is 0.826 bits per heavy atom. The van der Waals surface area contributed by atoms with Crippen molar-refractivity contribution in [3.8, 4) is 0 Å². The summed E-state index contributed by atoms with van der Waals surface area (Å²) in [5.41, 5.74) is 1.54. The Balaban J connectivity index is 2.44. The first-order valence-corrected chi connectivity index (χ1v) is 8.75. The Morgan fingerprint density at radius 1 is 0.565 bits per heavy atom. The van der Waals surface area contributed by atoms with Crippen LogP contribution in [-0.4, -0.2) is 9.79 Å². The normalized spacial score (nSPS) is 12.1. The van der Waals surface area contributed by atoms with Gasteiger partial charge in [-0.3, -0.25) is 9.79 Å². The maximum absolute atomic E-state index is 12.7. The zero-order valence-corrected chi connectivity index (χ0v) is 13.3. The van der Waals surface area contributed by atoms with Crippen LogP contribution in [0.5, 0.6) is 0 Å². The summed E-state index contributed by atoms with van der Waals surface area (Å²) in [4.78, 5) is 20.7. The molecule has 0 heterocycles. The summed E-state index contributed by atoms with van der Waals surface area (Å²) in [6, 6.07) is 26.6. The minimum Gasteiger partial charge on any atom is -0.278 e. The van der Waals surface area contributed by atoms with E-state index in [4.69, 9.17) is 0 Å². The fourth-order valence-corrected chi connectivity index (χ4v) is 4.13. The van der Waals surface area contributed by atoms with Crippen molar-refractivity contribution in [3.05, 3.63) is 91.0 Å².